The summed E-state index contributed by atoms with van der Waals surface area (Å²) in [6.45, 7) is 0. The minimum atomic E-state index is -0.739. The van der Waals surface area contributed by atoms with E-state index in [4.69, 9.17) is 9.98 Å². The zero-order valence-electron chi connectivity index (χ0n) is 21.4. The van der Waals surface area contributed by atoms with Crippen molar-refractivity contribution in [3.05, 3.63) is 130 Å². The highest BCUT2D eigenvalue weighted by molar-refractivity contribution is 6.29. The second-order valence-corrected chi connectivity index (χ2v) is 10.0. The van der Waals surface area contributed by atoms with Crippen molar-refractivity contribution in [1.29, 1.82) is 0 Å². The summed E-state index contributed by atoms with van der Waals surface area (Å²) in [5.41, 5.74) is 6.44. The number of nitrogens with zero attached hydrogens (tertiary/aromatic N) is 8. The van der Waals surface area contributed by atoms with Crippen molar-refractivity contribution in [2.24, 2.45) is 30.0 Å². The topological polar surface area (TPSA) is 97.7 Å². The normalized spacial score (nSPS) is 18.3. The van der Waals surface area contributed by atoms with Crippen molar-refractivity contribution < 1.29 is 4.79 Å². The molecule has 0 unspecified atom stereocenters. The Balaban J connectivity index is 1.38. The molecule has 0 aromatic heterocycles. The number of para-hydroxylation sites is 2. The van der Waals surface area contributed by atoms with Crippen LogP contribution in [0.4, 0.5) is 11.4 Å². The maximum atomic E-state index is 13.8. The highest BCUT2D eigenvalue weighted by Crippen LogP contribution is 2.58. The van der Waals surface area contributed by atoms with Crippen LogP contribution >= 0.6 is 0 Å². The van der Waals surface area contributed by atoms with Gasteiger partial charge in [-0.05, 0) is 34.4 Å². The molecule has 0 bridgehead atoms. The van der Waals surface area contributed by atoms with Crippen molar-refractivity contribution in [2.45, 2.75) is 5.41 Å². The molecule has 1 spiro atoms. The van der Waals surface area contributed by atoms with Crippen LogP contribution < -0.4 is 4.90 Å². The Morgan fingerprint density at radius 1 is 0.488 bits per heavy atom. The quantitative estimate of drug-likeness (QED) is 0.285. The lowest BCUT2D eigenvalue weighted by molar-refractivity contribution is 0.103. The third-order valence-corrected chi connectivity index (χ3v) is 8.14. The van der Waals surface area contributed by atoms with Crippen LogP contribution in [0.2, 0.25) is 0 Å². The molecule has 5 aliphatic rings. The summed E-state index contributed by atoms with van der Waals surface area (Å²) in [5.74, 6) is 1.67. The van der Waals surface area contributed by atoms with E-state index in [0.717, 1.165) is 33.6 Å². The molecule has 4 aliphatic heterocycles. The molecule has 192 valence electrons. The van der Waals surface area contributed by atoms with Gasteiger partial charge in [-0.1, -0.05) is 84.9 Å². The molecule has 0 amide bonds. The number of fused-ring (bicyclic) bond motifs is 8. The molecule has 0 N–H and O–H groups in total. The fourth-order valence-electron chi connectivity index (χ4n) is 6.61. The van der Waals surface area contributed by atoms with E-state index in [1.807, 2.05) is 60.7 Å². The van der Waals surface area contributed by atoms with Crippen molar-refractivity contribution in [3.63, 3.8) is 0 Å². The molecule has 41 heavy (non-hydrogen) atoms. The Bertz CT molecular complexity index is 1950. The highest BCUT2D eigenvalue weighted by Gasteiger charge is 2.52. The van der Waals surface area contributed by atoms with Crippen LogP contribution in [0.15, 0.2) is 127 Å². The maximum absolute atomic E-state index is 13.8. The Morgan fingerprint density at radius 2 is 0.976 bits per heavy atom. The average molecular weight is 531 g/mol. The fourth-order valence-corrected chi connectivity index (χ4v) is 6.61. The third-order valence-electron chi connectivity index (χ3n) is 8.14. The lowest BCUT2D eigenvalue weighted by Crippen LogP contribution is -2.49. The summed E-state index contributed by atoms with van der Waals surface area (Å²) in [4.78, 5) is 44.5. The summed E-state index contributed by atoms with van der Waals surface area (Å²) in [6.07, 6.45) is 2.88. The molecule has 4 heterocycles. The molecule has 9 nitrogen and oxygen atoms in total. The van der Waals surface area contributed by atoms with Gasteiger partial charge in [-0.25, -0.2) is 24.9 Å². The van der Waals surface area contributed by atoms with Crippen molar-refractivity contribution in [1.82, 2.24) is 4.90 Å². The summed E-state index contributed by atoms with van der Waals surface area (Å²) >= 11 is 0. The van der Waals surface area contributed by atoms with E-state index >= 15 is 0 Å². The Labute approximate surface area is 234 Å². The summed E-state index contributed by atoms with van der Waals surface area (Å²) in [5, 5.41) is 0. The summed E-state index contributed by atoms with van der Waals surface area (Å²) in [6, 6.07) is 32.4. The Hall–Kier alpha value is -5.83. The Kier molecular flexibility index (Phi) is 4.22. The van der Waals surface area contributed by atoms with Crippen LogP contribution in [-0.2, 0) is 5.41 Å². The predicted octanol–water partition coefficient (Wildman–Crippen LogP) is 4.89. The van der Waals surface area contributed by atoms with Crippen molar-refractivity contribution >= 4 is 53.7 Å². The molecule has 1 aliphatic carbocycles. The van der Waals surface area contributed by atoms with Gasteiger partial charge in [-0.15, -0.1) is 0 Å². The van der Waals surface area contributed by atoms with Crippen LogP contribution in [-0.4, -0.2) is 47.2 Å². The van der Waals surface area contributed by atoms with E-state index in [1.54, 1.807) is 4.90 Å². The van der Waals surface area contributed by atoms with Crippen LogP contribution in [0.25, 0.3) is 0 Å². The van der Waals surface area contributed by atoms with E-state index in [-0.39, 0.29) is 5.78 Å². The molecule has 0 saturated heterocycles. The van der Waals surface area contributed by atoms with Gasteiger partial charge in [-0.3, -0.25) is 9.69 Å². The van der Waals surface area contributed by atoms with Gasteiger partial charge in [0, 0.05) is 11.1 Å². The average Bonchev–Trinajstić information content (AvgIpc) is 3.03. The number of guanidine groups is 4. The predicted molar refractivity (Wildman–Crippen MR) is 159 cm³/mol. The van der Waals surface area contributed by atoms with Crippen LogP contribution in [0.5, 0.6) is 0 Å². The second-order valence-electron chi connectivity index (χ2n) is 10.0. The molecule has 0 fully saturated rings. The molecule has 4 aromatic carbocycles. The van der Waals surface area contributed by atoms with Crippen molar-refractivity contribution in [3.8, 4) is 0 Å². The molecular formula is C32H18N8O. The molecule has 0 saturated carbocycles. The van der Waals surface area contributed by atoms with E-state index in [0.29, 0.717) is 35.0 Å². The van der Waals surface area contributed by atoms with Crippen LogP contribution in [0.1, 0.15) is 38.2 Å². The minimum absolute atomic E-state index is 0.0342. The summed E-state index contributed by atoms with van der Waals surface area (Å²) < 4.78 is 0. The van der Waals surface area contributed by atoms with E-state index < -0.39 is 5.41 Å². The number of carbonyl (C=O) groups excluding carboxylic acids is 1. The van der Waals surface area contributed by atoms with Gasteiger partial charge >= 0.3 is 0 Å². The lowest BCUT2D eigenvalue weighted by Gasteiger charge is -2.48. The number of anilines is 2. The number of hydrogen-bond acceptors (Lipinski definition) is 9. The van der Waals surface area contributed by atoms with E-state index in [2.05, 4.69) is 61.3 Å². The largest absolute Gasteiger partial charge is 0.289 e. The van der Waals surface area contributed by atoms with Gasteiger partial charge < -0.3 is 0 Å². The first-order valence-corrected chi connectivity index (χ1v) is 13.2. The number of ketones is 1. The van der Waals surface area contributed by atoms with Gasteiger partial charge in [0.2, 0.25) is 23.8 Å². The van der Waals surface area contributed by atoms with E-state index in [9.17, 15) is 4.79 Å². The maximum Gasteiger partial charge on any atom is 0.244 e. The van der Waals surface area contributed by atoms with Gasteiger partial charge in [0.25, 0.3) is 0 Å². The Morgan fingerprint density at radius 3 is 1.61 bits per heavy atom. The molecule has 4 aromatic rings. The molecule has 9 rings (SSSR count). The van der Waals surface area contributed by atoms with E-state index in [1.165, 1.54) is 12.7 Å². The van der Waals surface area contributed by atoms with Gasteiger partial charge in [0.05, 0.1) is 16.8 Å². The van der Waals surface area contributed by atoms with Crippen LogP contribution in [0, 0.1) is 0 Å². The molecular weight excluding hydrogens is 512 g/mol. The monoisotopic (exact) mass is 530 g/mol. The van der Waals surface area contributed by atoms with Gasteiger partial charge in [0.1, 0.15) is 12.7 Å². The number of carbonyl (C=O) groups is 1. The first-order chi connectivity index (χ1) is 20.3. The highest BCUT2D eigenvalue weighted by atomic mass is 16.1. The second kappa shape index (κ2) is 7.86. The SMILES string of the molecule is O=C1c2ccccc2C2(c3ccccc31)c1ccccc1N(C1=NC3=NC=NC4=NC=NC(=N1)N43)c1ccccc12. The lowest BCUT2D eigenvalue weighted by atomic mass is 9.57. The first kappa shape index (κ1) is 22.0. The molecule has 0 atom stereocenters. The van der Waals surface area contributed by atoms with Gasteiger partial charge in [0.15, 0.2) is 5.78 Å². The zero-order chi connectivity index (χ0) is 27.1. The molecule has 9 heteroatoms. The standard InChI is InChI=1S/C32H18N8O/c41-27-19-9-1-3-11-21(19)32(22-12-4-2-10-20(22)27)23-13-5-7-15-25(23)39(26-16-8-6-14-24(26)32)31-37-29-35-17-33-28-34-18-36-30(38-31)40(28)29/h1-18H. The smallest absolute Gasteiger partial charge is 0.244 e. The fraction of sp³-hybridized carbons (Fsp3) is 0.0312. The molecule has 0 radical (unpaired) electrons. The summed E-state index contributed by atoms with van der Waals surface area (Å²) in [7, 11) is 0. The van der Waals surface area contributed by atoms with Gasteiger partial charge in [-0.2, -0.15) is 9.98 Å². The zero-order valence-corrected chi connectivity index (χ0v) is 21.4. The van der Waals surface area contributed by atoms with Crippen LogP contribution in [0.3, 0.4) is 0 Å². The minimum Gasteiger partial charge on any atom is -0.289 e. The third kappa shape index (κ3) is 2.71. The first-order valence-electron chi connectivity index (χ1n) is 13.2. The number of rotatable bonds is 0. The van der Waals surface area contributed by atoms with Crippen molar-refractivity contribution in [2.75, 3.05) is 4.90 Å². The number of aliphatic imine (C=N–C) groups is 6. The number of hydrogen-bond donors (Lipinski definition) is 0. The number of benzene rings is 4.